The van der Waals surface area contributed by atoms with Crippen molar-refractivity contribution in [1.82, 2.24) is 0 Å². The number of benzene rings is 3. The van der Waals surface area contributed by atoms with Gasteiger partial charge in [0.05, 0.1) is 11.5 Å². The molecule has 0 bridgehead atoms. The van der Waals surface area contributed by atoms with Gasteiger partial charge in [0.25, 0.3) is 0 Å². The SMILES string of the molecule is CCc1ccc(C2C(C#N)=C(N)Oc3cc(OC(=O)c4ccccc4Br)ccc32)cc1. The average Bonchev–Trinajstić information content (AvgIpc) is 2.78. The zero-order valence-electron chi connectivity index (χ0n) is 16.8. The third-order valence-electron chi connectivity index (χ3n) is 5.22. The molecule has 0 fully saturated rings. The van der Waals surface area contributed by atoms with E-state index in [0.717, 1.165) is 17.5 Å². The van der Waals surface area contributed by atoms with Crippen LogP contribution in [-0.4, -0.2) is 5.97 Å². The first-order valence-corrected chi connectivity index (χ1v) is 10.6. The lowest BCUT2D eigenvalue weighted by atomic mass is 9.83. The molecule has 0 radical (unpaired) electrons. The molecule has 3 aromatic carbocycles. The number of aryl methyl sites for hydroxylation is 1. The van der Waals surface area contributed by atoms with Crippen molar-refractivity contribution in [2.24, 2.45) is 5.73 Å². The standard InChI is InChI=1S/C25H19BrN2O3/c1-2-15-7-9-16(10-8-15)23-19-12-11-17(13-22(19)31-24(28)20(23)14-27)30-25(29)18-5-3-4-6-21(18)26/h3-13,23H,2,28H2,1H3. The number of halogens is 1. The Morgan fingerprint density at radius 1 is 1.16 bits per heavy atom. The number of ether oxygens (including phenoxy) is 2. The summed E-state index contributed by atoms with van der Waals surface area (Å²) in [5, 5.41) is 9.70. The molecule has 3 aromatic rings. The van der Waals surface area contributed by atoms with Gasteiger partial charge in [-0.15, -0.1) is 0 Å². The van der Waals surface area contributed by atoms with Crippen molar-refractivity contribution in [3.63, 3.8) is 0 Å². The van der Waals surface area contributed by atoms with Gasteiger partial charge < -0.3 is 15.2 Å². The van der Waals surface area contributed by atoms with E-state index < -0.39 is 5.97 Å². The van der Waals surface area contributed by atoms with Crippen LogP contribution >= 0.6 is 15.9 Å². The third-order valence-corrected chi connectivity index (χ3v) is 5.91. The first-order valence-electron chi connectivity index (χ1n) is 9.79. The summed E-state index contributed by atoms with van der Waals surface area (Å²) >= 11 is 3.36. The topological polar surface area (TPSA) is 85.3 Å². The highest BCUT2D eigenvalue weighted by Gasteiger charge is 2.31. The van der Waals surface area contributed by atoms with Crippen molar-refractivity contribution >= 4 is 21.9 Å². The molecular formula is C25H19BrN2O3. The Balaban J connectivity index is 1.69. The Hall–Kier alpha value is -3.56. The van der Waals surface area contributed by atoms with Gasteiger partial charge in [0.1, 0.15) is 23.1 Å². The summed E-state index contributed by atoms with van der Waals surface area (Å²) in [6.07, 6.45) is 0.931. The number of nitrogens with zero attached hydrogens (tertiary/aromatic N) is 1. The van der Waals surface area contributed by atoms with E-state index in [1.54, 1.807) is 36.4 Å². The van der Waals surface area contributed by atoms with E-state index in [1.165, 1.54) is 5.56 Å². The van der Waals surface area contributed by atoms with Gasteiger partial charge in [0, 0.05) is 16.1 Å². The molecule has 1 aliphatic heterocycles. The molecule has 31 heavy (non-hydrogen) atoms. The number of hydrogen-bond donors (Lipinski definition) is 1. The molecule has 0 saturated carbocycles. The number of carbonyl (C=O) groups excluding carboxylic acids is 1. The van der Waals surface area contributed by atoms with Crippen LogP contribution in [0.25, 0.3) is 0 Å². The Bertz CT molecular complexity index is 1230. The molecule has 4 rings (SSSR count). The Morgan fingerprint density at radius 3 is 2.58 bits per heavy atom. The predicted octanol–water partition coefficient (Wildman–Crippen LogP) is 5.45. The van der Waals surface area contributed by atoms with Gasteiger partial charge in [-0.2, -0.15) is 5.26 Å². The second kappa shape index (κ2) is 8.66. The molecule has 1 heterocycles. The fraction of sp³-hybridized carbons (Fsp3) is 0.120. The summed E-state index contributed by atoms with van der Waals surface area (Å²) in [6, 6.07) is 22.4. The summed E-state index contributed by atoms with van der Waals surface area (Å²) in [6.45, 7) is 2.09. The largest absolute Gasteiger partial charge is 0.440 e. The summed E-state index contributed by atoms with van der Waals surface area (Å²) in [4.78, 5) is 12.5. The van der Waals surface area contributed by atoms with Gasteiger partial charge in [-0.3, -0.25) is 0 Å². The monoisotopic (exact) mass is 474 g/mol. The number of nitrogens with two attached hydrogens (primary N) is 1. The summed E-state index contributed by atoms with van der Waals surface area (Å²) < 4.78 is 11.9. The molecule has 0 amide bonds. The molecule has 5 nitrogen and oxygen atoms in total. The van der Waals surface area contributed by atoms with E-state index in [4.69, 9.17) is 15.2 Å². The maximum atomic E-state index is 12.5. The van der Waals surface area contributed by atoms with E-state index in [0.29, 0.717) is 27.1 Å². The number of allylic oxidation sites excluding steroid dienone is 1. The van der Waals surface area contributed by atoms with E-state index in [2.05, 4.69) is 28.9 Å². The van der Waals surface area contributed by atoms with Gasteiger partial charge in [0.15, 0.2) is 0 Å². The fourth-order valence-corrected chi connectivity index (χ4v) is 4.02. The van der Waals surface area contributed by atoms with Crippen LogP contribution < -0.4 is 15.2 Å². The number of hydrogen-bond acceptors (Lipinski definition) is 5. The fourth-order valence-electron chi connectivity index (χ4n) is 3.58. The smallest absolute Gasteiger partial charge is 0.344 e. The predicted molar refractivity (Wildman–Crippen MR) is 121 cm³/mol. The highest BCUT2D eigenvalue weighted by atomic mass is 79.9. The van der Waals surface area contributed by atoms with Crippen molar-refractivity contribution in [1.29, 1.82) is 5.26 Å². The van der Waals surface area contributed by atoms with Crippen LogP contribution in [0, 0.1) is 11.3 Å². The lowest BCUT2D eigenvalue weighted by Gasteiger charge is -2.26. The van der Waals surface area contributed by atoms with E-state index in [9.17, 15) is 10.1 Å². The Labute approximate surface area is 188 Å². The molecule has 0 aliphatic carbocycles. The summed E-state index contributed by atoms with van der Waals surface area (Å²) in [7, 11) is 0. The third kappa shape index (κ3) is 4.05. The molecule has 0 spiro atoms. The van der Waals surface area contributed by atoms with Crippen molar-refractivity contribution in [2.45, 2.75) is 19.3 Å². The first kappa shape index (κ1) is 20.7. The maximum absolute atomic E-state index is 12.5. The minimum atomic E-state index is -0.490. The van der Waals surface area contributed by atoms with Crippen LogP contribution in [0.3, 0.4) is 0 Å². The molecule has 0 saturated heterocycles. The van der Waals surface area contributed by atoms with Crippen molar-refractivity contribution < 1.29 is 14.3 Å². The molecule has 1 aliphatic rings. The zero-order valence-corrected chi connectivity index (χ0v) is 18.3. The van der Waals surface area contributed by atoms with Crippen LogP contribution in [0.15, 0.2) is 82.7 Å². The molecular weight excluding hydrogens is 456 g/mol. The van der Waals surface area contributed by atoms with E-state index in [1.807, 2.05) is 30.3 Å². The number of nitriles is 1. The highest BCUT2D eigenvalue weighted by Crippen LogP contribution is 2.43. The normalized spacial score (nSPS) is 14.9. The number of rotatable bonds is 4. The molecule has 1 unspecified atom stereocenters. The van der Waals surface area contributed by atoms with Crippen molar-refractivity contribution in [3.05, 3.63) is 105 Å². The summed E-state index contributed by atoms with van der Waals surface area (Å²) in [5.74, 6) is -0.0102. The van der Waals surface area contributed by atoms with Crippen LogP contribution in [0.5, 0.6) is 11.5 Å². The number of esters is 1. The van der Waals surface area contributed by atoms with Gasteiger partial charge in [0.2, 0.25) is 5.88 Å². The lowest BCUT2D eigenvalue weighted by molar-refractivity contribution is 0.0733. The molecule has 0 aromatic heterocycles. The van der Waals surface area contributed by atoms with Crippen molar-refractivity contribution in [3.8, 4) is 17.6 Å². The maximum Gasteiger partial charge on any atom is 0.344 e. The number of carbonyl (C=O) groups is 1. The average molecular weight is 475 g/mol. The van der Waals surface area contributed by atoms with Gasteiger partial charge in [-0.25, -0.2) is 4.79 Å². The van der Waals surface area contributed by atoms with E-state index >= 15 is 0 Å². The highest BCUT2D eigenvalue weighted by molar-refractivity contribution is 9.10. The molecule has 154 valence electrons. The van der Waals surface area contributed by atoms with Crippen LogP contribution in [0.1, 0.15) is 39.9 Å². The summed E-state index contributed by atoms with van der Waals surface area (Å²) in [5.41, 5.74) is 9.79. The quantitative estimate of drug-likeness (QED) is 0.401. The first-order chi connectivity index (χ1) is 15.0. The van der Waals surface area contributed by atoms with Gasteiger partial charge in [-0.1, -0.05) is 49.4 Å². The minimum Gasteiger partial charge on any atom is -0.440 e. The van der Waals surface area contributed by atoms with Crippen molar-refractivity contribution in [2.75, 3.05) is 0 Å². The number of fused-ring (bicyclic) bond motifs is 1. The molecule has 2 N–H and O–H groups in total. The van der Waals surface area contributed by atoms with Crippen LogP contribution in [0.4, 0.5) is 0 Å². The van der Waals surface area contributed by atoms with Gasteiger partial charge >= 0.3 is 5.97 Å². The Morgan fingerprint density at radius 2 is 1.90 bits per heavy atom. The lowest BCUT2D eigenvalue weighted by Crippen LogP contribution is -2.21. The molecule has 6 heteroatoms. The zero-order chi connectivity index (χ0) is 22.0. The van der Waals surface area contributed by atoms with Gasteiger partial charge in [-0.05, 0) is 51.7 Å². The van der Waals surface area contributed by atoms with E-state index in [-0.39, 0.29) is 11.8 Å². The molecule has 1 atom stereocenters. The minimum absolute atomic E-state index is 0.0499. The Kier molecular flexibility index (Phi) is 5.79. The van der Waals surface area contributed by atoms with Crippen LogP contribution in [-0.2, 0) is 6.42 Å². The second-order valence-electron chi connectivity index (χ2n) is 7.09. The van der Waals surface area contributed by atoms with Crippen LogP contribution in [0.2, 0.25) is 0 Å². The second-order valence-corrected chi connectivity index (χ2v) is 7.94.